The number of alkyl carbamates (subject to hydrolysis) is 1. The lowest BCUT2D eigenvalue weighted by atomic mass is 9.82. The third kappa shape index (κ3) is 16.5. The first kappa shape index (κ1) is 49.2. The second-order valence-corrected chi connectivity index (χ2v) is 26.7. The van der Waals surface area contributed by atoms with E-state index in [1.54, 1.807) is 12.3 Å². The number of hydrogen-bond acceptors (Lipinski definition) is 8. The van der Waals surface area contributed by atoms with E-state index in [-0.39, 0.29) is 44.8 Å². The molecule has 0 saturated carbocycles. The Hall–Kier alpha value is -4.12. The summed E-state index contributed by atoms with van der Waals surface area (Å²) in [6.45, 7) is 5.06. The molecular weight excluding hydrogens is 801 g/mol. The minimum atomic E-state index is -1.13. The first-order valence-electron chi connectivity index (χ1n) is 19.5. The normalized spacial score (nSPS) is 14.1. The van der Waals surface area contributed by atoms with Crippen molar-refractivity contribution in [1.82, 2.24) is 20.1 Å². The van der Waals surface area contributed by atoms with E-state index in [2.05, 4.69) is 48.2 Å². The van der Waals surface area contributed by atoms with Crippen LogP contribution in [0.4, 0.5) is 13.6 Å². The monoisotopic (exact) mass is 865 g/mol. The van der Waals surface area contributed by atoms with Crippen molar-refractivity contribution in [3.63, 3.8) is 0 Å². The largest absolute Gasteiger partial charge is 0.463 e. The summed E-state index contributed by atoms with van der Waals surface area (Å²) in [5.74, 6) is -2.56. The lowest BCUT2D eigenvalue weighted by Gasteiger charge is -2.42. The lowest BCUT2D eigenvalue weighted by molar-refractivity contribution is -0.147. The highest BCUT2D eigenvalue weighted by atomic mass is 32.3. The molecule has 59 heavy (non-hydrogen) atoms. The van der Waals surface area contributed by atoms with Crippen LogP contribution in [0.5, 0.6) is 0 Å². The fraction of sp³-hybridized carbons (Fsp3) is 0.535. The van der Waals surface area contributed by atoms with Crippen molar-refractivity contribution in [1.29, 1.82) is 0 Å². The van der Waals surface area contributed by atoms with E-state index in [0.29, 0.717) is 29.3 Å². The van der Waals surface area contributed by atoms with Gasteiger partial charge < -0.3 is 40.4 Å². The molecule has 0 bridgehead atoms. The second kappa shape index (κ2) is 21.9. The van der Waals surface area contributed by atoms with Gasteiger partial charge in [0.1, 0.15) is 30.9 Å². The Morgan fingerprint density at radius 2 is 1.54 bits per heavy atom. The smallest absolute Gasteiger partial charge is 0.407 e. The van der Waals surface area contributed by atoms with Gasteiger partial charge in [-0.3, -0.25) is 9.59 Å². The highest BCUT2D eigenvalue weighted by Gasteiger charge is 2.39. The average Bonchev–Trinajstić information content (AvgIpc) is 3.53. The summed E-state index contributed by atoms with van der Waals surface area (Å²) in [6.07, 6.45) is 13.3. The minimum absolute atomic E-state index is 0.0312. The number of carbonyl (C=O) groups is 4. The summed E-state index contributed by atoms with van der Waals surface area (Å²) >= 11 is 0. The Bertz CT molecular complexity index is 1860. The molecule has 0 aliphatic rings. The Kier molecular flexibility index (Phi) is 18.3. The van der Waals surface area contributed by atoms with Gasteiger partial charge in [0.25, 0.3) is 0 Å². The van der Waals surface area contributed by atoms with Crippen LogP contribution in [0, 0.1) is 23.0 Å². The van der Waals surface area contributed by atoms with Crippen molar-refractivity contribution in [2.45, 2.75) is 45.8 Å². The van der Waals surface area contributed by atoms with Crippen molar-refractivity contribution in [3.05, 3.63) is 83.7 Å². The fourth-order valence-electron chi connectivity index (χ4n) is 6.42. The molecule has 1 heterocycles. The molecule has 3 rings (SSSR count). The Morgan fingerprint density at radius 1 is 0.915 bits per heavy atom. The van der Waals surface area contributed by atoms with Crippen LogP contribution in [0.15, 0.2) is 60.8 Å². The molecule has 12 nitrogen and oxygen atoms in total. The molecule has 0 aliphatic heterocycles. The third-order valence-electron chi connectivity index (χ3n) is 9.42. The maximum atomic E-state index is 15.3. The number of nitrogens with two attached hydrogens (primary N) is 1. The number of carbonyl (C=O) groups excluding carboxylic acids is 4. The zero-order valence-corrected chi connectivity index (χ0v) is 37.7. The van der Waals surface area contributed by atoms with E-state index in [1.165, 1.54) is 4.90 Å². The molecule has 1 unspecified atom stereocenters. The molecule has 330 valence electrons. The molecule has 0 fully saturated rings. The summed E-state index contributed by atoms with van der Waals surface area (Å²) < 4.78 is 42.5. The zero-order chi connectivity index (χ0) is 44.1. The van der Waals surface area contributed by atoms with Gasteiger partial charge >= 0.3 is 12.1 Å². The quantitative estimate of drug-likeness (QED) is 0.102. The minimum Gasteiger partial charge on any atom is -0.463 e. The molecule has 1 aromatic heterocycles. The number of amides is 3. The Balaban J connectivity index is 2.06. The molecule has 0 aliphatic carbocycles. The van der Waals surface area contributed by atoms with Gasteiger partial charge in [0, 0.05) is 73.0 Å². The number of ether oxygens (including phenoxy) is 2. The number of halogens is 2. The maximum Gasteiger partial charge on any atom is 0.407 e. The van der Waals surface area contributed by atoms with Crippen LogP contribution >= 0.6 is 20.1 Å². The van der Waals surface area contributed by atoms with Crippen LogP contribution in [-0.2, 0) is 30.4 Å². The fourth-order valence-corrected chi connectivity index (χ4v) is 7.59. The average molecular weight is 866 g/mol. The van der Waals surface area contributed by atoms with Crippen LogP contribution in [0.3, 0.4) is 0 Å². The number of aliphatic hydroxyl groups excluding tert-OH is 1. The third-order valence-corrected chi connectivity index (χ3v) is 12.2. The maximum absolute atomic E-state index is 15.3. The number of hydrogen-bond donors (Lipinski definition) is 4. The van der Waals surface area contributed by atoms with Crippen LogP contribution in [0.2, 0.25) is 0 Å². The van der Waals surface area contributed by atoms with Crippen molar-refractivity contribution >= 4 is 43.9 Å². The molecule has 5 N–H and O–H groups in total. The summed E-state index contributed by atoms with van der Waals surface area (Å²) in [5.41, 5.74) is 7.02. The van der Waals surface area contributed by atoms with Gasteiger partial charge in [-0.15, -0.1) is 0 Å². The van der Waals surface area contributed by atoms with Crippen LogP contribution < -0.4 is 16.4 Å². The molecule has 16 heteroatoms. The molecule has 0 saturated heterocycles. The summed E-state index contributed by atoms with van der Waals surface area (Å²) in [4.78, 5) is 55.0. The first-order chi connectivity index (χ1) is 27.5. The van der Waals surface area contributed by atoms with Crippen molar-refractivity contribution < 1.29 is 42.5 Å². The Morgan fingerprint density at radius 3 is 2.12 bits per heavy atom. The van der Waals surface area contributed by atoms with Crippen molar-refractivity contribution in [2.24, 2.45) is 17.1 Å². The number of rotatable bonds is 21. The SMILES string of the molecule is CC(C)(C)[C@H](c1cc(-c2cc(F)ccc2F)cn1Cc1ccccc1)N(C[C@H](CNC(=O)OCCS(C)(C)C)CC(=O)NC(CN)C(=O)OCCS(C)(C)C)C(=O)CO. The number of aliphatic hydroxyl groups is 1. The summed E-state index contributed by atoms with van der Waals surface area (Å²) in [7, 11) is -1.87. The molecule has 3 atom stereocenters. The van der Waals surface area contributed by atoms with E-state index in [4.69, 9.17) is 15.2 Å². The lowest BCUT2D eigenvalue weighted by Crippen LogP contribution is -2.50. The number of aromatic nitrogens is 1. The van der Waals surface area contributed by atoms with E-state index in [9.17, 15) is 28.7 Å². The van der Waals surface area contributed by atoms with E-state index in [0.717, 1.165) is 23.8 Å². The van der Waals surface area contributed by atoms with Gasteiger partial charge in [-0.2, -0.15) is 0 Å². The molecule has 3 aromatic rings. The highest BCUT2D eigenvalue weighted by molar-refractivity contribution is 8.32. The van der Waals surface area contributed by atoms with Gasteiger partial charge in [0.05, 0.1) is 12.6 Å². The van der Waals surface area contributed by atoms with Gasteiger partial charge in [-0.1, -0.05) is 51.1 Å². The number of esters is 1. The van der Waals surface area contributed by atoms with Gasteiger partial charge in [0.15, 0.2) is 0 Å². The topological polar surface area (TPSA) is 165 Å². The van der Waals surface area contributed by atoms with Crippen LogP contribution in [-0.4, -0.2) is 133 Å². The van der Waals surface area contributed by atoms with E-state index >= 15 is 4.39 Å². The Labute approximate surface area is 351 Å². The van der Waals surface area contributed by atoms with Crippen molar-refractivity contribution in [2.75, 3.05) is 88.5 Å². The van der Waals surface area contributed by atoms with Gasteiger partial charge in [0.2, 0.25) is 11.8 Å². The van der Waals surface area contributed by atoms with Gasteiger partial charge in [-0.05, 0) is 72.8 Å². The van der Waals surface area contributed by atoms with Crippen LogP contribution in [0.1, 0.15) is 44.5 Å². The summed E-state index contributed by atoms with van der Waals surface area (Å²) in [6, 6.07) is 12.5. The number of nitrogens with one attached hydrogen (secondary N) is 2. The highest BCUT2D eigenvalue weighted by Crippen LogP contribution is 2.42. The molecule has 0 spiro atoms. The number of nitrogens with zero attached hydrogens (tertiary/aromatic N) is 2. The predicted molar refractivity (Wildman–Crippen MR) is 236 cm³/mol. The number of benzene rings is 2. The summed E-state index contributed by atoms with van der Waals surface area (Å²) in [5, 5.41) is 15.8. The molecule has 2 aromatic carbocycles. The molecular formula is C43H65F2N5O7S2. The second-order valence-electron chi connectivity index (χ2n) is 17.6. The van der Waals surface area contributed by atoms with E-state index < -0.39 is 85.6 Å². The first-order valence-corrected chi connectivity index (χ1v) is 25.5. The molecule has 3 amide bonds. The van der Waals surface area contributed by atoms with Gasteiger partial charge in [-0.25, -0.2) is 38.4 Å². The van der Waals surface area contributed by atoms with Crippen LogP contribution in [0.25, 0.3) is 11.1 Å². The predicted octanol–water partition coefficient (Wildman–Crippen LogP) is 5.50. The van der Waals surface area contributed by atoms with E-state index in [1.807, 2.05) is 55.7 Å². The molecule has 0 radical (unpaired) electrons. The van der Waals surface area contributed by atoms with Crippen molar-refractivity contribution in [3.8, 4) is 11.1 Å². The zero-order valence-electron chi connectivity index (χ0n) is 36.0. The standard InChI is InChI=1S/C43H65F2N5O7S2/c1-43(2,3)40(37-22-32(34-23-33(44)15-16-35(34)45)28-49(37)26-30-13-11-10-12-14-30)50(39(53)29-51)27-31(25-47-42(55)57-18-20-59(7,8)9)21-38(52)48-36(24-46)41(54)56-17-19-58(4,5)6/h10-16,22-23,28,31,36,40,51H,17-21,24-27,29,46H2,1-9H3,(H,47,55)(H,48,52)/t31-,36?,40-/m0/s1.